The molecule has 2 amide bonds. The van der Waals surface area contributed by atoms with Crippen LogP contribution in [0.25, 0.3) is 11.0 Å². The second-order valence-electron chi connectivity index (χ2n) is 13.6. The van der Waals surface area contributed by atoms with E-state index in [9.17, 15) is 22.8 Å². The van der Waals surface area contributed by atoms with Gasteiger partial charge in [0.2, 0.25) is 5.95 Å². The van der Waals surface area contributed by atoms with Gasteiger partial charge in [-0.05, 0) is 80.7 Å². The fourth-order valence-electron chi connectivity index (χ4n) is 7.10. The first-order valence-electron chi connectivity index (χ1n) is 16.4. The summed E-state index contributed by atoms with van der Waals surface area (Å²) in [4.78, 5) is 33.5. The lowest BCUT2D eigenvalue weighted by Crippen LogP contribution is -2.40. The minimum Gasteiger partial charge on any atom is -0.370 e. The quantitative estimate of drug-likeness (QED) is 0.183. The number of carbonyl (C=O) groups is 2. The number of benzene rings is 2. The van der Waals surface area contributed by atoms with E-state index in [2.05, 4.69) is 25.9 Å². The zero-order valence-corrected chi connectivity index (χ0v) is 28.8. The first-order valence-corrected chi connectivity index (χ1v) is 17.2. The Morgan fingerprint density at radius 3 is 2.37 bits per heavy atom. The molecule has 0 bridgehead atoms. The third kappa shape index (κ3) is 6.66. The van der Waals surface area contributed by atoms with Crippen LogP contribution >= 0.6 is 23.2 Å². The number of hydrogen-bond acceptors (Lipinski definition) is 6. The summed E-state index contributed by atoms with van der Waals surface area (Å²) in [5, 5.41) is 14.0. The van der Waals surface area contributed by atoms with Crippen LogP contribution in [0.4, 0.5) is 30.5 Å². The number of anilines is 3. The molecule has 0 spiro atoms. The summed E-state index contributed by atoms with van der Waals surface area (Å²) in [6, 6.07) is 8.52. The summed E-state index contributed by atoms with van der Waals surface area (Å²) in [5.41, 5.74) is 4.77. The minimum absolute atomic E-state index is 0.00765. The monoisotopic (exact) mass is 716 g/mol. The Morgan fingerprint density at radius 1 is 1.00 bits per heavy atom. The number of nitrogens with zero attached hydrogens (tertiary/aromatic N) is 5. The third-order valence-corrected chi connectivity index (χ3v) is 11.0. The Morgan fingerprint density at radius 2 is 1.71 bits per heavy atom. The van der Waals surface area contributed by atoms with Crippen molar-refractivity contribution < 1.29 is 22.8 Å². The van der Waals surface area contributed by atoms with E-state index in [0.717, 1.165) is 30.0 Å². The largest absolute Gasteiger partial charge is 0.391 e. The molecule has 2 aromatic heterocycles. The highest BCUT2D eigenvalue weighted by molar-refractivity contribution is 6.39. The van der Waals surface area contributed by atoms with Crippen molar-refractivity contribution in [3.8, 4) is 0 Å². The Balaban J connectivity index is 1.13. The number of aryl methyl sites for hydroxylation is 3. The van der Waals surface area contributed by atoms with Gasteiger partial charge in [-0.1, -0.05) is 29.3 Å². The van der Waals surface area contributed by atoms with E-state index in [1.165, 1.54) is 6.42 Å². The van der Waals surface area contributed by atoms with Crippen LogP contribution in [0.2, 0.25) is 10.0 Å². The Hall–Kier alpha value is -3.97. The Bertz CT molecular complexity index is 1920. The molecule has 49 heavy (non-hydrogen) atoms. The molecule has 2 unspecified atom stereocenters. The van der Waals surface area contributed by atoms with Gasteiger partial charge < -0.3 is 25.4 Å². The number of piperidine rings is 1. The predicted molar refractivity (Wildman–Crippen MR) is 183 cm³/mol. The molecule has 1 aliphatic heterocycles. The van der Waals surface area contributed by atoms with Crippen molar-refractivity contribution in [2.75, 3.05) is 23.3 Å². The second-order valence-corrected chi connectivity index (χ2v) is 14.4. The number of rotatable bonds is 8. The first kappa shape index (κ1) is 33.5. The summed E-state index contributed by atoms with van der Waals surface area (Å²) in [6.45, 7) is 3.70. The van der Waals surface area contributed by atoms with Crippen molar-refractivity contribution in [3.63, 3.8) is 0 Å². The summed E-state index contributed by atoms with van der Waals surface area (Å²) in [5.74, 6) is -0.304. The van der Waals surface area contributed by atoms with E-state index in [4.69, 9.17) is 28.2 Å². The van der Waals surface area contributed by atoms with Gasteiger partial charge in [-0.2, -0.15) is 18.3 Å². The molecule has 3 heterocycles. The van der Waals surface area contributed by atoms with Gasteiger partial charge in [0, 0.05) is 45.5 Å². The highest BCUT2D eigenvalue weighted by atomic mass is 35.5. The molecule has 0 radical (unpaired) electrons. The molecular weight excluding hydrogens is 680 g/mol. The summed E-state index contributed by atoms with van der Waals surface area (Å²) in [6.07, 6.45) is -2.44. The smallest absolute Gasteiger partial charge is 0.370 e. The van der Waals surface area contributed by atoms with Gasteiger partial charge >= 0.3 is 6.18 Å². The van der Waals surface area contributed by atoms with Gasteiger partial charge in [0.15, 0.2) is 0 Å². The van der Waals surface area contributed by atoms with Gasteiger partial charge in [-0.3, -0.25) is 14.3 Å². The summed E-state index contributed by atoms with van der Waals surface area (Å²) >= 11 is 13.4. The summed E-state index contributed by atoms with van der Waals surface area (Å²) in [7, 11) is 3.62. The molecule has 3 aliphatic rings. The van der Waals surface area contributed by atoms with Gasteiger partial charge in [0.05, 0.1) is 43.9 Å². The van der Waals surface area contributed by atoms with Gasteiger partial charge in [-0.25, -0.2) is 4.98 Å². The number of hydrogen-bond donors (Lipinski definition) is 3. The number of aromatic nitrogens is 4. The van der Waals surface area contributed by atoms with Crippen LogP contribution in [0.3, 0.4) is 0 Å². The second kappa shape index (κ2) is 12.7. The fourth-order valence-corrected chi connectivity index (χ4v) is 7.63. The highest BCUT2D eigenvalue weighted by Crippen LogP contribution is 2.47. The van der Waals surface area contributed by atoms with Crippen LogP contribution < -0.4 is 20.9 Å². The molecule has 15 heteroatoms. The molecule has 3 fully saturated rings. The maximum Gasteiger partial charge on any atom is 0.391 e. The standard InChI is InChI=1S/C34H37Cl2F3N8O2/c1-17-10-26(44-46(17)3)32(49)40-14-18-4-9-24(35)30(29(18)36)43-33-42-25-12-23(31(48)41-22-7-5-21(6-8-22)34(37,38)39)27(13-28(25)45(33)2)47-15-19-11-20(19)16-47/h4,9-10,12-13,19-22H,5-8,11,14-16H2,1-3H3,(H,40,49)(H,41,48)(H,42,43)/t19?,20?,21-,22-. The van der Waals surface area contributed by atoms with Crippen LogP contribution in [0.5, 0.6) is 0 Å². The molecular formula is C34H37Cl2F3N8O2. The average Bonchev–Trinajstić information content (AvgIpc) is 3.34. The van der Waals surface area contributed by atoms with Gasteiger partial charge in [0.25, 0.3) is 11.8 Å². The van der Waals surface area contributed by atoms with E-state index in [1.54, 1.807) is 36.0 Å². The van der Waals surface area contributed by atoms with Crippen molar-refractivity contribution in [2.24, 2.45) is 31.8 Å². The number of carbonyl (C=O) groups excluding carboxylic acids is 2. The van der Waals surface area contributed by atoms with E-state index in [-0.39, 0.29) is 50.1 Å². The number of imidazole rings is 1. The van der Waals surface area contributed by atoms with Gasteiger partial charge in [0.1, 0.15) is 5.69 Å². The maximum atomic E-state index is 13.8. The first-order chi connectivity index (χ1) is 23.3. The molecule has 4 aromatic rings. The number of halogens is 5. The zero-order valence-electron chi connectivity index (χ0n) is 27.3. The van der Waals surface area contributed by atoms with Crippen molar-refractivity contribution in [1.29, 1.82) is 0 Å². The topological polar surface area (TPSA) is 109 Å². The molecule has 10 nitrogen and oxygen atoms in total. The SMILES string of the molecule is Cc1cc(C(=O)NCc2ccc(Cl)c(Nc3nc4cc(C(=O)N[C@H]5CC[C@H](C(F)(F)F)CC5)c(N5CC6CC6C5)cc4n3C)c2Cl)nn1C. The van der Waals surface area contributed by atoms with E-state index in [1.807, 2.05) is 24.6 Å². The molecule has 3 N–H and O–H groups in total. The van der Waals surface area contributed by atoms with Crippen LogP contribution in [-0.4, -0.2) is 56.5 Å². The van der Waals surface area contributed by atoms with E-state index >= 15 is 0 Å². The van der Waals surface area contributed by atoms with Crippen LogP contribution in [0, 0.1) is 24.7 Å². The number of alkyl halides is 3. The van der Waals surface area contributed by atoms with Crippen molar-refractivity contribution >= 4 is 63.4 Å². The zero-order chi connectivity index (χ0) is 34.8. The molecule has 2 aliphatic carbocycles. The average molecular weight is 718 g/mol. The van der Waals surface area contributed by atoms with E-state index < -0.39 is 12.1 Å². The Kier molecular flexibility index (Phi) is 8.71. The maximum absolute atomic E-state index is 13.8. The van der Waals surface area contributed by atoms with Crippen molar-refractivity contribution in [3.05, 3.63) is 62.9 Å². The minimum atomic E-state index is -4.21. The molecule has 2 saturated carbocycles. The highest BCUT2D eigenvalue weighted by Gasteiger charge is 2.46. The molecule has 2 atom stereocenters. The lowest BCUT2D eigenvalue weighted by Gasteiger charge is -2.31. The van der Waals surface area contributed by atoms with Crippen molar-refractivity contribution in [1.82, 2.24) is 30.0 Å². The van der Waals surface area contributed by atoms with Crippen LogP contribution in [0.15, 0.2) is 30.3 Å². The van der Waals surface area contributed by atoms with Crippen LogP contribution in [0.1, 0.15) is 64.2 Å². The molecule has 260 valence electrons. The summed E-state index contributed by atoms with van der Waals surface area (Å²) < 4.78 is 43.2. The number of nitrogens with one attached hydrogen (secondary N) is 3. The van der Waals surface area contributed by atoms with Crippen molar-refractivity contribution in [2.45, 2.75) is 57.8 Å². The fraction of sp³-hybridized carbons (Fsp3) is 0.471. The van der Waals surface area contributed by atoms with E-state index in [0.29, 0.717) is 55.9 Å². The predicted octanol–water partition coefficient (Wildman–Crippen LogP) is 6.90. The Labute approximate surface area is 291 Å². The molecule has 2 aromatic carbocycles. The lowest BCUT2D eigenvalue weighted by atomic mass is 9.85. The molecule has 7 rings (SSSR count). The van der Waals surface area contributed by atoms with Gasteiger partial charge in [-0.15, -0.1) is 0 Å². The lowest BCUT2D eigenvalue weighted by molar-refractivity contribution is -0.182. The van der Waals surface area contributed by atoms with Crippen LogP contribution in [-0.2, 0) is 20.6 Å². The third-order valence-electron chi connectivity index (χ3n) is 10.3. The number of amides is 2. The molecule has 1 saturated heterocycles. The number of fused-ring (bicyclic) bond motifs is 2. The normalized spacial score (nSPS) is 21.9.